The molecule has 78 valence electrons. The van der Waals surface area contributed by atoms with Crippen molar-refractivity contribution in [1.29, 1.82) is 0 Å². The van der Waals surface area contributed by atoms with Gasteiger partial charge in [-0.3, -0.25) is 0 Å². The molecule has 0 saturated carbocycles. The third-order valence-electron chi connectivity index (χ3n) is 2.16. The van der Waals surface area contributed by atoms with E-state index in [9.17, 15) is 0 Å². The number of methoxy groups -OCH3 is 1. The Bertz CT molecular complexity index is 301. The first-order chi connectivity index (χ1) is 6.67. The molecule has 0 aliphatic heterocycles. The lowest BCUT2D eigenvalue weighted by molar-refractivity contribution is 0.411. The van der Waals surface area contributed by atoms with Crippen molar-refractivity contribution < 1.29 is 4.74 Å². The van der Waals surface area contributed by atoms with Gasteiger partial charge in [-0.25, -0.2) is 0 Å². The summed E-state index contributed by atoms with van der Waals surface area (Å²) in [5, 5.41) is 0. The molecule has 3 heteroatoms. The maximum absolute atomic E-state index is 5.76. The van der Waals surface area contributed by atoms with E-state index in [2.05, 4.69) is 6.07 Å². The normalized spacial score (nSPS) is 12.6. The van der Waals surface area contributed by atoms with E-state index in [0.29, 0.717) is 5.88 Å². The van der Waals surface area contributed by atoms with Gasteiger partial charge in [0.2, 0.25) is 0 Å². The number of hydrogen-bond acceptors (Lipinski definition) is 2. The van der Waals surface area contributed by atoms with Crippen molar-refractivity contribution in [1.82, 2.24) is 0 Å². The van der Waals surface area contributed by atoms with Gasteiger partial charge in [0.05, 0.1) is 7.11 Å². The molecule has 1 aromatic carbocycles. The molecule has 2 nitrogen and oxygen atoms in total. The summed E-state index contributed by atoms with van der Waals surface area (Å²) in [6.07, 6.45) is 0.814. The molecule has 14 heavy (non-hydrogen) atoms. The number of alkyl halides is 1. The molecule has 1 aromatic rings. The van der Waals surface area contributed by atoms with Crippen LogP contribution in [0.3, 0.4) is 0 Å². The molecule has 1 atom stereocenters. The molecule has 0 bridgehead atoms. The fourth-order valence-corrected chi connectivity index (χ4v) is 1.53. The summed E-state index contributed by atoms with van der Waals surface area (Å²) < 4.78 is 5.17. The van der Waals surface area contributed by atoms with E-state index in [1.165, 1.54) is 5.56 Å². The molecular formula is C11H16ClNO. The van der Waals surface area contributed by atoms with Gasteiger partial charge < -0.3 is 10.5 Å². The Morgan fingerprint density at radius 1 is 1.50 bits per heavy atom. The van der Waals surface area contributed by atoms with Crippen molar-refractivity contribution in [2.45, 2.75) is 19.4 Å². The highest BCUT2D eigenvalue weighted by Crippen LogP contribution is 2.19. The van der Waals surface area contributed by atoms with Crippen molar-refractivity contribution in [3.05, 3.63) is 29.3 Å². The van der Waals surface area contributed by atoms with Gasteiger partial charge >= 0.3 is 0 Å². The van der Waals surface area contributed by atoms with Crippen molar-refractivity contribution in [3.8, 4) is 5.75 Å². The Morgan fingerprint density at radius 2 is 2.21 bits per heavy atom. The van der Waals surface area contributed by atoms with Gasteiger partial charge in [-0.1, -0.05) is 12.1 Å². The van der Waals surface area contributed by atoms with Gasteiger partial charge in [0, 0.05) is 11.9 Å². The standard InChI is InChI=1S/C11H16ClNO/c1-8-5-9(6-10(13)7-12)3-4-11(8)14-2/h3-5,10H,6-7,13H2,1-2H3/t10-/m0/s1. The highest BCUT2D eigenvalue weighted by Gasteiger charge is 2.04. The maximum atomic E-state index is 5.76. The summed E-state index contributed by atoms with van der Waals surface area (Å²) in [6.45, 7) is 2.02. The summed E-state index contributed by atoms with van der Waals surface area (Å²) in [7, 11) is 1.67. The predicted molar refractivity (Wildman–Crippen MR) is 60.1 cm³/mol. The summed E-state index contributed by atoms with van der Waals surface area (Å²) in [6, 6.07) is 6.11. The Hall–Kier alpha value is -0.730. The van der Waals surface area contributed by atoms with E-state index in [1.54, 1.807) is 7.11 Å². The van der Waals surface area contributed by atoms with E-state index in [4.69, 9.17) is 22.1 Å². The van der Waals surface area contributed by atoms with E-state index < -0.39 is 0 Å². The molecule has 0 fully saturated rings. The van der Waals surface area contributed by atoms with Crippen LogP contribution in [0.25, 0.3) is 0 Å². The zero-order chi connectivity index (χ0) is 10.6. The zero-order valence-corrected chi connectivity index (χ0v) is 9.34. The average Bonchev–Trinajstić information content (AvgIpc) is 2.18. The van der Waals surface area contributed by atoms with Crippen LogP contribution >= 0.6 is 11.6 Å². The number of nitrogens with two attached hydrogens (primary N) is 1. The third-order valence-corrected chi connectivity index (χ3v) is 2.55. The minimum atomic E-state index is 0.0319. The van der Waals surface area contributed by atoms with Crippen LogP contribution in [-0.2, 0) is 6.42 Å². The Balaban J connectivity index is 2.76. The summed E-state index contributed by atoms with van der Waals surface area (Å²) >= 11 is 5.65. The predicted octanol–water partition coefficient (Wildman–Crippen LogP) is 2.11. The molecule has 0 saturated heterocycles. The second kappa shape index (κ2) is 5.23. The summed E-state index contributed by atoms with van der Waals surface area (Å²) in [4.78, 5) is 0. The average molecular weight is 214 g/mol. The van der Waals surface area contributed by atoms with Crippen LogP contribution in [0.2, 0.25) is 0 Å². The third kappa shape index (κ3) is 2.89. The SMILES string of the molecule is COc1ccc(C[C@H](N)CCl)cc1C. The number of rotatable bonds is 4. The van der Waals surface area contributed by atoms with Crippen LogP contribution in [0.5, 0.6) is 5.75 Å². The first-order valence-corrected chi connectivity index (χ1v) is 5.16. The highest BCUT2D eigenvalue weighted by molar-refractivity contribution is 6.18. The number of aryl methyl sites for hydroxylation is 1. The van der Waals surface area contributed by atoms with Crippen molar-refractivity contribution in [2.24, 2.45) is 5.73 Å². The van der Waals surface area contributed by atoms with Crippen molar-refractivity contribution in [3.63, 3.8) is 0 Å². The summed E-state index contributed by atoms with van der Waals surface area (Å²) in [5.41, 5.74) is 8.10. The van der Waals surface area contributed by atoms with Crippen LogP contribution < -0.4 is 10.5 Å². The fraction of sp³-hybridized carbons (Fsp3) is 0.455. The topological polar surface area (TPSA) is 35.2 Å². The van der Waals surface area contributed by atoms with Crippen LogP contribution in [0.4, 0.5) is 0 Å². The lowest BCUT2D eigenvalue weighted by atomic mass is 10.0. The van der Waals surface area contributed by atoms with E-state index in [1.807, 2.05) is 19.1 Å². The first kappa shape index (κ1) is 11.3. The van der Waals surface area contributed by atoms with E-state index >= 15 is 0 Å². The molecule has 0 unspecified atom stereocenters. The minimum absolute atomic E-state index is 0.0319. The van der Waals surface area contributed by atoms with Crippen molar-refractivity contribution >= 4 is 11.6 Å². The largest absolute Gasteiger partial charge is 0.496 e. The molecule has 0 amide bonds. The Morgan fingerprint density at radius 3 is 2.71 bits per heavy atom. The van der Waals surface area contributed by atoms with Gasteiger partial charge in [0.15, 0.2) is 0 Å². The lowest BCUT2D eigenvalue weighted by Crippen LogP contribution is -2.24. The quantitative estimate of drug-likeness (QED) is 0.778. The van der Waals surface area contributed by atoms with Crippen LogP contribution in [-0.4, -0.2) is 19.0 Å². The van der Waals surface area contributed by atoms with E-state index in [-0.39, 0.29) is 6.04 Å². The van der Waals surface area contributed by atoms with Crippen molar-refractivity contribution in [2.75, 3.05) is 13.0 Å². The fourth-order valence-electron chi connectivity index (χ4n) is 1.42. The van der Waals surface area contributed by atoms with Gasteiger partial charge in [-0.15, -0.1) is 11.6 Å². The molecule has 1 rings (SSSR count). The molecule has 0 radical (unpaired) electrons. The van der Waals surface area contributed by atoms with Gasteiger partial charge in [0.1, 0.15) is 5.75 Å². The number of halogens is 1. The highest BCUT2D eigenvalue weighted by atomic mass is 35.5. The molecule has 0 heterocycles. The molecule has 0 aliphatic carbocycles. The molecule has 0 aromatic heterocycles. The molecule has 0 aliphatic rings. The number of hydrogen-bond donors (Lipinski definition) is 1. The smallest absolute Gasteiger partial charge is 0.121 e. The lowest BCUT2D eigenvalue weighted by Gasteiger charge is -2.10. The van der Waals surface area contributed by atoms with E-state index in [0.717, 1.165) is 17.7 Å². The second-order valence-corrected chi connectivity index (χ2v) is 3.73. The van der Waals surface area contributed by atoms with Gasteiger partial charge in [-0.05, 0) is 30.5 Å². The number of benzene rings is 1. The van der Waals surface area contributed by atoms with Gasteiger partial charge in [0.25, 0.3) is 0 Å². The molecule has 2 N–H and O–H groups in total. The second-order valence-electron chi connectivity index (χ2n) is 3.42. The maximum Gasteiger partial charge on any atom is 0.121 e. The Kier molecular flexibility index (Phi) is 4.23. The minimum Gasteiger partial charge on any atom is -0.496 e. The van der Waals surface area contributed by atoms with Crippen LogP contribution in [0.1, 0.15) is 11.1 Å². The summed E-state index contributed by atoms with van der Waals surface area (Å²) in [5.74, 6) is 1.40. The zero-order valence-electron chi connectivity index (χ0n) is 8.59. The number of ether oxygens (including phenoxy) is 1. The van der Waals surface area contributed by atoms with Crippen LogP contribution in [0.15, 0.2) is 18.2 Å². The first-order valence-electron chi connectivity index (χ1n) is 4.62. The molecular weight excluding hydrogens is 198 g/mol. The van der Waals surface area contributed by atoms with Gasteiger partial charge in [-0.2, -0.15) is 0 Å². The monoisotopic (exact) mass is 213 g/mol. The molecule has 0 spiro atoms. The Labute approximate surface area is 90.0 Å². The van der Waals surface area contributed by atoms with Crippen LogP contribution in [0, 0.1) is 6.92 Å².